The number of aromatic nitrogens is 1. The summed E-state index contributed by atoms with van der Waals surface area (Å²) < 4.78 is 0. The van der Waals surface area contributed by atoms with Crippen molar-refractivity contribution in [3.63, 3.8) is 0 Å². The Labute approximate surface area is 107 Å². The number of hydrogen-bond donors (Lipinski definition) is 1. The molecular weight excluding hydrogens is 228 g/mol. The SMILES string of the molecule is Cc1csc(CN[C@H](C)c2ccccc2C)n1. The summed E-state index contributed by atoms with van der Waals surface area (Å²) in [5.41, 5.74) is 3.80. The van der Waals surface area contributed by atoms with E-state index in [2.05, 4.69) is 53.8 Å². The molecule has 2 rings (SSSR count). The highest BCUT2D eigenvalue weighted by molar-refractivity contribution is 7.09. The number of rotatable bonds is 4. The molecule has 0 saturated carbocycles. The van der Waals surface area contributed by atoms with Gasteiger partial charge >= 0.3 is 0 Å². The third kappa shape index (κ3) is 3.14. The number of hydrogen-bond acceptors (Lipinski definition) is 3. The molecule has 1 atom stereocenters. The summed E-state index contributed by atoms with van der Waals surface area (Å²) in [6.45, 7) is 7.22. The number of nitrogens with one attached hydrogen (secondary N) is 1. The third-order valence-corrected chi connectivity index (χ3v) is 3.85. The predicted molar refractivity (Wildman–Crippen MR) is 73.3 cm³/mol. The maximum absolute atomic E-state index is 4.45. The van der Waals surface area contributed by atoms with Crippen LogP contribution in [0.15, 0.2) is 29.6 Å². The lowest BCUT2D eigenvalue weighted by atomic mass is 10.0. The van der Waals surface area contributed by atoms with Gasteiger partial charge in [0.05, 0.1) is 0 Å². The number of thiazole rings is 1. The minimum absolute atomic E-state index is 0.361. The molecule has 0 radical (unpaired) electrons. The fourth-order valence-electron chi connectivity index (χ4n) is 1.91. The summed E-state index contributed by atoms with van der Waals surface area (Å²) >= 11 is 1.72. The quantitative estimate of drug-likeness (QED) is 0.891. The van der Waals surface area contributed by atoms with Gasteiger partial charge < -0.3 is 5.32 Å². The largest absolute Gasteiger partial charge is 0.304 e. The molecule has 0 aliphatic rings. The molecular formula is C14H18N2S. The van der Waals surface area contributed by atoms with Crippen molar-refractivity contribution >= 4 is 11.3 Å². The van der Waals surface area contributed by atoms with Gasteiger partial charge in [0, 0.05) is 23.7 Å². The molecule has 0 unspecified atom stereocenters. The molecule has 1 aromatic heterocycles. The van der Waals surface area contributed by atoms with E-state index >= 15 is 0 Å². The average molecular weight is 246 g/mol. The summed E-state index contributed by atoms with van der Waals surface area (Å²) in [7, 11) is 0. The first-order valence-electron chi connectivity index (χ1n) is 5.86. The van der Waals surface area contributed by atoms with E-state index in [0.717, 1.165) is 17.2 Å². The van der Waals surface area contributed by atoms with Crippen LogP contribution in [0.3, 0.4) is 0 Å². The van der Waals surface area contributed by atoms with E-state index in [-0.39, 0.29) is 0 Å². The molecule has 0 spiro atoms. The van der Waals surface area contributed by atoms with E-state index in [4.69, 9.17) is 0 Å². The zero-order valence-electron chi connectivity index (χ0n) is 10.5. The second kappa shape index (κ2) is 5.43. The molecule has 3 heteroatoms. The van der Waals surface area contributed by atoms with Crippen molar-refractivity contribution in [2.24, 2.45) is 0 Å². The number of benzene rings is 1. The van der Waals surface area contributed by atoms with Crippen molar-refractivity contribution in [1.82, 2.24) is 10.3 Å². The van der Waals surface area contributed by atoms with Crippen LogP contribution < -0.4 is 5.32 Å². The van der Waals surface area contributed by atoms with Crippen molar-refractivity contribution < 1.29 is 0 Å². The number of nitrogens with zero attached hydrogens (tertiary/aromatic N) is 1. The van der Waals surface area contributed by atoms with Crippen molar-refractivity contribution in [3.8, 4) is 0 Å². The van der Waals surface area contributed by atoms with Gasteiger partial charge in [-0.2, -0.15) is 0 Å². The van der Waals surface area contributed by atoms with Crippen LogP contribution in [-0.4, -0.2) is 4.98 Å². The first-order chi connectivity index (χ1) is 8.16. The van der Waals surface area contributed by atoms with Gasteiger partial charge in [-0.05, 0) is 31.9 Å². The molecule has 1 aromatic carbocycles. The first kappa shape index (κ1) is 12.3. The van der Waals surface area contributed by atoms with Gasteiger partial charge in [0.15, 0.2) is 0 Å². The smallest absolute Gasteiger partial charge is 0.107 e. The predicted octanol–water partition coefficient (Wildman–Crippen LogP) is 3.61. The van der Waals surface area contributed by atoms with Gasteiger partial charge in [0.25, 0.3) is 0 Å². The Balaban J connectivity index is 1.98. The van der Waals surface area contributed by atoms with Gasteiger partial charge in [-0.3, -0.25) is 0 Å². The van der Waals surface area contributed by atoms with Crippen LogP contribution in [-0.2, 0) is 6.54 Å². The third-order valence-electron chi connectivity index (χ3n) is 2.88. The van der Waals surface area contributed by atoms with E-state index in [0.29, 0.717) is 6.04 Å². The molecule has 0 fully saturated rings. The van der Waals surface area contributed by atoms with E-state index in [1.54, 1.807) is 11.3 Å². The van der Waals surface area contributed by atoms with Gasteiger partial charge in [-0.1, -0.05) is 24.3 Å². The molecule has 17 heavy (non-hydrogen) atoms. The second-order valence-corrected chi connectivity index (χ2v) is 5.28. The van der Waals surface area contributed by atoms with Crippen LogP contribution in [0.5, 0.6) is 0 Å². The standard InChI is InChI=1S/C14H18N2S/c1-10-6-4-5-7-13(10)12(3)15-8-14-16-11(2)9-17-14/h4-7,9,12,15H,8H2,1-3H3/t12-/m1/s1. The Morgan fingerprint density at radius 3 is 2.71 bits per heavy atom. The monoisotopic (exact) mass is 246 g/mol. The van der Waals surface area contributed by atoms with Crippen molar-refractivity contribution in [3.05, 3.63) is 51.5 Å². The number of aryl methyl sites for hydroxylation is 2. The minimum atomic E-state index is 0.361. The molecule has 2 aromatic rings. The second-order valence-electron chi connectivity index (χ2n) is 4.34. The van der Waals surface area contributed by atoms with E-state index < -0.39 is 0 Å². The molecule has 90 valence electrons. The molecule has 1 N–H and O–H groups in total. The molecule has 0 amide bonds. The lowest BCUT2D eigenvalue weighted by Crippen LogP contribution is -2.18. The minimum Gasteiger partial charge on any atom is -0.304 e. The molecule has 1 heterocycles. The Bertz CT molecular complexity index is 490. The molecule has 0 aliphatic heterocycles. The Kier molecular flexibility index (Phi) is 3.92. The summed E-state index contributed by atoms with van der Waals surface area (Å²) in [4.78, 5) is 4.45. The van der Waals surface area contributed by atoms with Crippen LogP contribution in [0.1, 0.15) is 34.8 Å². The van der Waals surface area contributed by atoms with Crippen molar-refractivity contribution in [2.45, 2.75) is 33.4 Å². The van der Waals surface area contributed by atoms with Crippen molar-refractivity contribution in [1.29, 1.82) is 0 Å². The van der Waals surface area contributed by atoms with Gasteiger partial charge in [0.2, 0.25) is 0 Å². The van der Waals surface area contributed by atoms with Crippen LogP contribution >= 0.6 is 11.3 Å². The maximum atomic E-state index is 4.45. The van der Waals surface area contributed by atoms with Gasteiger partial charge in [-0.15, -0.1) is 11.3 Å². The Morgan fingerprint density at radius 2 is 2.06 bits per heavy atom. The highest BCUT2D eigenvalue weighted by Crippen LogP contribution is 2.17. The maximum Gasteiger partial charge on any atom is 0.107 e. The highest BCUT2D eigenvalue weighted by atomic mass is 32.1. The summed E-state index contributed by atoms with van der Waals surface area (Å²) in [6, 6.07) is 8.87. The normalized spacial score (nSPS) is 12.6. The Hall–Kier alpha value is -1.19. The summed E-state index contributed by atoms with van der Waals surface area (Å²) in [6.07, 6.45) is 0. The molecule has 2 nitrogen and oxygen atoms in total. The van der Waals surface area contributed by atoms with Crippen LogP contribution in [0.2, 0.25) is 0 Å². The van der Waals surface area contributed by atoms with E-state index in [9.17, 15) is 0 Å². The zero-order valence-corrected chi connectivity index (χ0v) is 11.3. The van der Waals surface area contributed by atoms with Gasteiger partial charge in [-0.25, -0.2) is 4.98 Å². The first-order valence-corrected chi connectivity index (χ1v) is 6.74. The fourth-order valence-corrected chi connectivity index (χ4v) is 2.63. The van der Waals surface area contributed by atoms with Crippen LogP contribution in [0.4, 0.5) is 0 Å². The van der Waals surface area contributed by atoms with E-state index in [1.807, 2.05) is 6.92 Å². The fraction of sp³-hybridized carbons (Fsp3) is 0.357. The van der Waals surface area contributed by atoms with Gasteiger partial charge in [0.1, 0.15) is 5.01 Å². The summed E-state index contributed by atoms with van der Waals surface area (Å²) in [5.74, 6) is 0. The van der Waals surface area contributed by atoms with Crippen LogP contribution in [0.25, 0.3) is 0 Å². The van der Waals surface area contributed by atoms with Crippen molar-refractivity contribution in [2.75, 3.05) is 0 Å². The lowest BCUT2D eigenvalue weighted by molar-refractivity contribution is 0.570. The molecule has 0 bridgehead atoms. The summed E-state index contributed by atoms with van der Waals surface area (Å²) in [5, 5.41) is 6.77. The molecule has 0 aliphatic carbocycles. The van der Waals surface area contributed by atoms with E-state index in [1.165, 1.54) is 11.1 Å². The Morgan fingerprint density at radius 1 is 1.29 bits per heavy atom. The average Bonchev–Trinajstić information content (AvgIpc) is 2.73. The topological polar surface area (TPSA) is 24.9 Å². The highest BCUT2D eigenvalue weighted by Gasteiger charge is 2.07. The zero-order chi connectivity index (χ0) is 12.3. The lowest BCUT2D eigenvalue weighted by Gasteiger charge is -2.15. The van der Waals surface area contributed by atoms with Crippen LogP contribution in [0, 0.1) is 13.8 Å². The molecule has 0 saturated heterocycles.